The van der Waals surface area contributed by atoms with Crippen molar-refractivity contribution in [3.05, 3.63) is 23.0 Å². The van der Waals surface area contributed by atoms with Gasteiger partial charge < -0.3 is 56.2 Å². The van der Waals surface area contributed by atoms with Crippen LogP contribution < -0.4 is 0 Å². The number of hydrogen-bond acceptors (Lipinski definition) is 13. The van der Waals surface area contributed by atoms with Gasteiger partial charge in [0.05, 0.1) is 0 Å². The third-order valence-electron chi connectivity index (χ3n) is 3.70. The van der Waals surface area contributed by atoms with Crippen LogP contribution in [0.3, 0.4) is 0 Å². The van der Waals surface area contributed by atoms with Crippen molar-refractivity contribution in [1.82, 2.24) is 5.06 Å². The van der Waals surface area contributed by atoms with Gasteiger partial charge in [-0.2, -0.15) is 5.06 Å². The summed E-state index contributed by atoms with van der Waals surface area (Å²) in [6.45, 7) is 0. The normalized spacial score (nSPS) is 34.8. The van der Waals surface area contributed by atoms with Gasteiger partial charge in [-0.05, 0) is 0 Å². The van der Waals surface area contributed by atoms with E-state index in [1.807, 2.05) is 0 Å². The molecule has 1 aliphatic carbocycles. The lowest BCUT2D eigenvalue weighted by atomic mass is 9.71. The Kier molecular flexibility index (Phi) is 4.26. The van der Waals surface area contributed by atoms with E-state index in [2.05, 4.69) is 0 Å². The monoisotopic (exact) mass is 357 g/mol. The Balaban J connectivity index is 0.00000264. The molecular formula is C9H16AlNO12. The van der Waals surface area contributed by atoms with Crippen LogP contribution in [0.1, 0.15) is 0 Å². The van der Waals surface area contributed by atoms with Crippen molar-refractivity contribution < 1.29 is 61.4 Å². The Morgan fingerprint density at radius 3 is 1.65 bits per heavy atom. The fourth-order valence-electron chi connectivity index (χ4n) is 2.29. The van der Waals surface area contributed by atoms with Crippen LogP contribution in [-0.2, 0) is 0 Å². The highest BCUT2D eigenvalue weighted by Crippen LogP contribution is 2.53. The molecule has 0 aromatic carbocycles. The van der Waals surface area contributed by atoms with Gasteiger partial charge in [0.15, 0.2) is 35.0 Å². The molecule has 13 nitrogen and oxygen atoms in total. The first-order chi connectivity index (χ1) is 9.67. The third kappa shape index (κ3) is 1.82. The zero-order valence-electron chi connectivity index (χ0n) is 10.4. The molecule has 0 aromatic heterocycles. The van der Waals surface area contributed by atoms with Gasteiger partial charge in [-0.1, -0.05) is 0 Å². The molecule has 12 N–H and O–H groups in total. The second-order valence-electron chi connectivity index (χ2n) is 4.89. The first kappa shape index (κ1) is 19.9. The molecule has 0 amide bonds. The van der Waals surface area contributed by atoms with Crippen LogP contribution in [-0.4, -0.2) is 113 Å². The van der Waals surface area contributed by atoms with Crippen LogP contribution in [0.5, 0.6) is 0 Å². The fourth-order valence-corrected chi connectivity index (χ4v) is 2.29. The van der Waals surface area contributed by atoms with Gasteiger partial charge in [0.1, 0.15) is 5.70 Å². The van der Waals surface area contributed by atoms with E-state index in [1.165, 1.54) is 0 Å². The zero-order valence-corrected chi connectivity index (χ0v) is 10.4. The molecule has 0 aromatic rings. The average molecular weight is 357 g/mol. The maximum absolute atomic E-state index is 10.2. The van der Waals surface area contributed by atoms with E-state index in [4.69, 9.17) is 0 Å². The highest BCUT2D eigenvalue weighted by atomic mass is 27.0. The van der Waals surface area contributed by atoms with E-state index < -0.39 is 57.2 Å². The predicted octanol–water partition coefficient (Wildman–Crippen LogP) is -6.29. The van der Waals surface area contributed by atoms with Gasteiger partial charge in [-0.15, -0.1) is 0 Å². The number of aliphatic hydroxyl groups is 11. The lowest BCUT2D eigenvalue weighted by Crippen LogP contribution is -2.87. The largest absolute Gasteiger partial charge is 0.506 e. The van der Waals surface area contributed by atoms with E-state index in [1.54, 1.807) is 0 Å². The Morgan fingerprint density at radius 2 is 1.22 bits per heavy atom. The minimum Gasteiger partial charge on any atom is -0.506 e. The number of aliphatic hydroxyl groups excluding tert-OH is 4. The van der Waals surface area contributed by atoms with Crippen LogP contribution in [0.15, 0.2) is 23.0 Å². The molecule has 14 heteroatoms. The number of nitrogens with zero attached hydrogens (tertiary/aromatic N) is 1. The minimum atomic E-state index is -4.54. The van der Waals surface area contributed by atoms with Gasteiger partial charge in [-0.25, -0.2) is 0 Å². The summed E-state index contributed by atoms with van der Waals surface area (Å²) in [6, 6.07) is 0. The lowest BCUT2D eigenvalue weighted by Gasteiger charge is -2.59. The molecule has 2 rings (SSSR count). The van der Waals surface area contributed by atoms with E-state index in [-0.39, 0.29) is 17.4 Å². The molecule has 1 saturated heterocycles. The van der Waals surface area contributed by atoms with Crippen LogP contribution in [0.2, 0.25) is 0 Å². The number of hydrogen-bond donors (Lipinski definition) is 12. The maximum atomic E-state index is 10.2. The van der Waals surface area contributed by atoms with Gasteiger partial charge >= 0.3 is 11.7 Å². The second kappa shape index (κ2) is 4.92. The van der Waals surface area contributed by atoms with Crippen molar-refractivity contribution in [2.24, 2.45) is 0 Å². The standard InChI is InChI=1S/C9H13NO12.Al.3H/c11-1-2(12)4-6(15,5(14)3(1)13)7(16,17)8(18,19)9(20,21)10(4)22;;;;/h5,11-22H;;;;. The smallest absolute Gasteiger partial charge is 0.332 e. The fraction of sp³-hybridized carbons (Fsp3) is 0.556. The first-order valence-electron chi connectivity index (χ1n) is 5.47. The molecule has 132 valence electrons. The van der Waals surface area contributed by atoms with E-state index >= 15 is 0 Å². The Labute approximate surface area is 136 Å². The summed E-state index contributed by atoms with van der Waals surface area (Å²) in [5.74, 6) is -18.3. The van der Waals surface area contributed by atoms with Gasteiger partial charge in [-0.3, -0.25) is 5.21 Å². The van der Waals surface area contributed by atoms with Crippen molar-refractivity contribution in [3.8, 4) is 0 Å². The van der Waals surface area contributed by atoms with Crippen LogP contribution in [0, 0.1) is 0 Å². The molecule has 2 aliphatic rings. The molecule has 0 spiro atoms. The van der Waals surface area contributed by atoms with Crippen molar-refractivity contribution in [3.63, 3.8) is 0 Å². The molecule has 2 atom stereocenters. The van der Waals surface area contributed by atoms with E-state index in [0.29, 0.717) is 0 Å². The molecule has 1 fully saturated rings. The number of rotatable bonds is 0. The Morgan fingerprint density at radius 1 is 0.783 bits per heavy atom. The van der Waals surface area contributed by atoms with Crippen molar-refractivity contribution >= 4 is 17.4 Å². The Bertz CT molecular complexity index is 597. The van der Waals surface area contributed by atoms with Crippen LogP contribution in [0.4, 0.5) is 0 Å². The van der Waals surface area contributed by atoms with Gasteiger partial charge in [0.25, 0.3) is 5.79 Å². The summed E-state index contributed by atoms with van der Waals surface area (Å²) in [7, 11) is 0. The summed E-state index contributed by atoms with van der Waals surface area (Å²) >= 11 is 0. The molecule has 0 saturated carbocycles. The molecule has 1 aliphatic heterocycles. The highest BCUT2D eigenvalue weighted by molar-refractivity contribution is 5.75. The van der Waals surface area contributed by atoms with Gasteiger partial charge in [0, 0.05) is 0 Å². The van der Waals surface area contributed by atoms with E-state index in [0.717, 1.165) is 0 Å². The third-order valence-corrected chi connectivity index (χ3v) is 3.70. The molecule has 23 heavy (non-hydrogen) atoms. The summed E-state index contributed by atoms with van der Waals surface area (Å²) in [4.78, 5) is 0. The average Bonchev–Trinajstić information content (AvgIpc) is 2.41. The van der Waals surface area contributed by atoms with Crippen molar-refractivity contribution in [1.29, 1.82) is 0 Å². The number of hydroxylamine groups is 2. The summed E-state index contributed by atoms with van der Waals surface area (Å²) in [5.41, 5.74) is -5.65. The quantitative estimate of drug-likeness (QED) is 0.143. The maximum Gasteiger partial charge on any atom is 0.332 e. The summed E-state index contributed by atoms with van der Waals surface area (Å²) < 4.78 is 0. The highest BCUT2D eigenvalue weighted by Gasteiger charge is 2.82. The van der Waals surface area contributed by atoms with Crippen molar-refractivity contribution in [2.45, 2.75) is 29.2 Å². The number of fused-ring (bicyclic) bond motifs is 1. The van der Waals surface area contributed by atoms with Gasteiger partial charge in [0.2, 0.25) is 11.4 Å². The van der Waals surface area contributed by atoms with Crippen molar-refractivity contribution in [2.75, 3.05) is 0 Å². The minimum absolute atomic E-state index is 0. The molecule has 0 bridgehead atoms. The topological polar surface area (TPSA) is 246 Å². The summed E-state index contributed by atoms with van der Waals surface area (Å²) in [6.07, 6.45) is -2.93. The molecular weight excluding hydrogens is 341 g/mol. The molecule has 0 radical (unpaired) electrons. The zero-order chi connectivity index (χ0) is 17.5. The molecule has 1 heterocycles. The Hall–Kier alpha value is -1.15. The summed E-state index contributed by atoms with van der Waals surface area (Å²) in [5, 5.41) is 114. The van der Waals surface area contributed by atoms with Crippen LogP contribution in [0.25, 0.3) is 0 Å². The van der Waals surface area contributed by atoms with Crippen LogP contribution >= 0.6 is 0 Å². The SMILES string of the molecule is OC1=C(O)C(O)C2(O)C(=C1O)N(O)C(O)(O)C(O)(O)C2(O)O.[AlH3]. The second-order valence-corrected chi connectivity index (χ2v) is 4.89. The lowest BCUT2D eigenvalue weighted by molar-refractivity contribution is -0.554. The predicted molar refractivity (Wildman–Crippen MR) is 68.0 cm³/mol. The first-order valence-corrected chi connectivity index (χ1v) is 5.47. The molecule has 2 unspecified atom stereocenters. The number of piperidine rings is 1. The van der Waals surface area contributed by atoms with E-state index in [9.17, 15) is 61.4 Å².